The number of amides is 3. The molecule has 1 saturated heterocycles. The number of thiophene rings is 1. The van der Waals surface area contributed by atoms with Gasteiger partial charge in [-0.15, -0.1) is 11.3 Å². The van der Waals surface area contributed by atoms with E-state index in [4.69, 9.17) is 16.3 Å². The standard InChI is InChI=1S/C19H20ClN3O6S2/c1-31(27,28)11-14(22-19(26)15-6-7-16(20)30-15)18(25)21-12-2-4-13(5-3-12)23-8-9-29-10-17(23)24/h2-7,14H,8-11H2,1H3,(H,21,25)(H,22,26)/t14-/m0/s1. The lowest BCUT2D eigenvalue weighted by molar-refractivity contribution is -0.125. The van der Waals surface area contributed by atoms with Crippen LogP contribution in [0.25, 0.3) is 0 Å². The zero-order chi connectivity index (χ0) is 22.6. The number of benzene rings is 1. The van der Waals surface area contributed by atoms with Crippen molar-refractivity contribution in [1.82, 2.24) is 5.32 Å². The topological polar surface area (TPSA) is 122 Å². The number of sulfone groups is 1. The van der Waals surface area contributed by atoms with Gasteiger partial charge in [-0.25, -0.2) is 8.42 Å². The minimum absolute atomic E-state index is 0.0147. The van der Waals surface area contributed by atoms with Crippen molar-refractivity contribution in [2.45, 2.75) is 6.04 Å². The highest BCUT2D eigenvalue weighted by atomic mass is 35.5. The summed E-state index contributed by atoms with van der Waals surface area (Å²) >= 11 is 6.85. The highest BCUT2D eigenvalue weighted by molar-refractivity contribution is 7.90. The van der Waals surface area contributed by atoms with Gasteiger partial charge in [0.15, 0.2) is 0 Å². The van der Waals surface area contributed by atoms with E-state index in [2.05, 4.69) is 10.6 Å². The molecule has 9 nitrogen and oxygen atoms in total. The lowest BCUT2D eigenvalue weighted by atomic mass is 10.2. The van der Waals surface area contributed by atoms with Gasteiger partial charge in [-0.1, -0.05) is 11.6 Å². The van der Waals surface area contributed by atoms with Crippen LogP contribution in [0.2, 0.25) is 4.34 Å². The molecule has 1 aliphatic rings. The normalized spacial score (nSPS) is 15.4. The zero-order valence-corrected chi connectivity index (χ0v) is 18.8. The van der Waals surface area contributed by atoms with E-state index in [-0.39, 0.29) is 17.4 Å². The average molecular weight is 486 g/mol. The van der Waals surface area contributed by atoms with Gasteiger partial charge in [0.2, 0.25) is 5.91 Å². The van der Waals surface area contributed by atoms with Gasteiger partial charge in [0.05, 0.1) is 21.6 Å². The molecule has 0 spiro atoms. The number of nitrogens with zero attached hydrogens (tertiary/aromatic N) is 1. The number of carbonyl (C=O) groups is 3. The van der Waals surface area contributed by atoms with Crippen molar-refractivity contribution < 1.29 is 27.5 Å². The third-order valence-corrected chi connectivity index (χ3v) is 6.49. The summed E-state index contributed by atoms with van der Waals surface area (Å²) in [5.41, 5.74) is 1.04. The third kappa shape index (κ3) is 6.50. The van der Waals surface area contributed by atoms with Crippen LogP contribution < -0.4 is 15.5 Å². The smallest absolute Gasteiger partial charge is 0.262 e. The van der Waals surface area contributed by atoms with Crippen molar-refractivity contribution in [3.8, 4) is 0 Å². The van der Waals surface area contributed by atoms with Gasteiger partial charge in [-0.3, -0.25) is 14.4 Å². The van der Waals surface area contributed by atoms with Gasteiger partial charge in [0, 0.05) is 24.2 Å². The highest BCUT2D eigenvalue weighted by Gasteiger charge is 2.26. The Morgan fingerprint density at radius 1 is 1.23 bits per heavy atom. The molecule has 31 heavy (non-hydrogen) atoms. The number of halogens is 1. The van der Waals surface area contributed by atoms with E-state index in [0.717, 1.165) is 17.6 Å². The minimum Gasteiger partial charge on any atom is -0.370 e. The summed E-state index contributed by atoms with van der Waals surface area (Å²) in [6.45, 7) is 0.882. The van der Waals surface area contributed by atoms with Crippen LogP contribution in [0.15, 0.2) is 36.4 Å². The molecule has 3 rings (SSSR count). The quantitative estimate of drug-likeness (QED) is 0.613. The Balaban J connectivity index is 1.70. The van der Waals surface area contributed by atoms with Gasteiger partial charge in [0.1, 0.15) is 22.5 Å². The van der Waals surface area contributed by atoms with Crippen molar-refractivity contribution >= 4 is 61.9 Å². The lowest BCUT2D eigenvalue weighted by Crippen LogP contribution is -2.47. The third-order valence-electron chi connectivity index (χ3n) is 4.32. The van der Waals surface area contributed by atoms with E-state index in [0.29, 0.717) is 28.9 Å². The van der Waals surface area contributed by atoms with E-state index >= 15 is 0 Å². The van der Waals surface area contributed by atoms with E-state index in [1.807, 2.05) is 0 Å². The molecule has 0 unspecified atom stereocenters. The van der Waals surface area contributed by atoms with Crippen molar-refractivity contribution in [1.29, 1.82) is 0 Å². The average Bonchev–Trinajstić information content (AvgIpc) is 3.14. The maximum Gasteiger partial charge on any atom is 0.262 e. The predicted molar refractivity (Wildman–Crippen MR) is 119 cm³/mol. The molecule has 1 atom stereocenters. The van der Waals surface area contributed by atoms with Crippen LogP contribution in [-0.2, 0) is 24.2 Å². The fraction of sp³-hybridized carbons (Fsp3) is 0.316. The van der Waals surface area contributed by atoms with Crippen LogP contribution in [-0.4, -0.2) is 63.9 Å². The number of anilines is 2. The summed E-state index contributed by atoms with van der Waals surface area (Å²) in [6, 6.07) is 8.23. The number of rotatable bonds is 7. The Morgan fingerprint density at radius 3 is 2.52 bits per heavy atom. The molecule has 0 saturated carbocycles. The molecule has 1 aromatic carbocycles. The van der Waals surface area contributed by atoms with Crippen LogP contribution in [0.3, 0.4) is 0 Å². The van der Waals surface area contributed by atoms with E-state index in [1.165, 1.54) is 12.1 Å². The van der Waals surface area contributed by atoms with Crippen LogP contribution in [0.1, 0.15) is 9.67 Å². The van der Waals surface area contributed by atoms with Gasteiger partial charge in [-0.05, 0) is 36.4 Å². The van der Waals surface area contributed by atoms with Gasteiger partial charge in [0.25, 0.3) is 11.8 Å². The summed E-state index contributed by atoms with van der Waals surface area (Å²) in [5.74, 6) is -2.00. The Kier molecular flexibility index (Phi) is 7.31. The Bertz CT molecular complexity index is 1080. The molecule has 1 aliphatic heterocycles. The molecule has 166 valence electrons. The Labute approximate surface area is 188 Å². The molecular formula is C19H20ClN3O6S2. The van der Waals surface area contributed by atoms with Crippen LogP contribution in [0, 0.1) is 0 Å². The summed E-state index contributed by atoms with van der Waals surface area (Å²) in [4.78, 5) is 38.9. The second-order valence-electron chi connectivity index (χ2n) is 6.86. The number of morpholine rings is 1. The molecule has 2 aromatic rings. The molecular weight excluding hydrogens is 466 g/mol. The largest absolute Gasteiger partial charge is 0.370 e. The van der Waals surface area contributed by atoms with E-state index in [1.54, 1.807) is 29.2 Å². The zero-order valence-electron chi connectivity index (χ0n) is 16.5. The van der Waals surface area contributed by atoms with Gasteiger partial charge in [-0.2, -0.15) is 0 Å². The van der Waals surface area contributed by atoms with Crippen LogP contribution in [0.4, 0.5) is 11.4 Å². The van der Waals surface area contributed by atoms with Crippen LogP contribution in [0.5, 0.6) is 0 Å². The first-order chi connectivity index (χ1) is 14.6. The number of nitrogens with one attached hydrogen (secondary N) is 2. The monoisotopic (exact) mass is 485 g/mol. The molecule has 0 radical (unpaired) electrons. The van der Waals surface area contributed by atoms with Gasteiger partial charge >= 0.3 is 0 Å². The van der Waals surface area contributed by atoms with Gasteiger partial charge < -0.3 is 20.3 Å². The number of hydrogen-bond donors (Lipinski definition) is 2. The fourth-order valence-corrected chi connectivity index (χ4v) is 4.68. The SMILES string of the molecule is CS(=O)(=O)C[C@H](NC(=O)c1ccc(Cl)s1)C(=O)Nc1ccc(N2CCOCC2=O)cc1. The Hall–Kier alpha value is -2.47. The second-order valence-corrected chi connectivity index (χ2v) is 10.8. The fourth-order valence-electron chi connectivity index (χ4n) is 2.90. The first-order valence-corrected chi connectivity index (χ1v) is 12.4. The molecule has 2 heterocycles. The van der Waals surface area contributed by atoms with E-state index in [9.17, 15) is 22.8 Å². The number of carbonyl (C=O) groups excluding carboxylic acids is 3. The molecule has 2 N–H and O–H groups in total. The minimum atomic E-state index is -3.56. The number of ether oxygens (including phenoxy) is 1. The summed E-state index contributed by atoms with van der Waals surface area (Å²) < 4.78 is 29.0. The van der Waals surface area contributed by atoms with Crippen molar-refractivity contribution in [2.24, 2.45) is 0 Å². The highest BCUT2D eigenvalue weighted by Crippen LogP contribution is 2.22. The summed E-state index contributed by atoms with van der Waals surface area (Å²) in [7, 11) is -3.56. The molecule has 1 aromatic heterocycles. The maximum atomic E-state index is 12.7. The van der Waals surface area contributed by atoms with E-state index < -0.39 is 33.4 Å². The first kappa shape index (κ1) is 23.2. The molecule has 0 aliphatic carbocycles. The van der Waals surface area contributed by atoms with Crippen LogP contribution >= 0.6 is 22.9 Å². The second kappa shape index (κ2) is 9.77. The molecule has 1 fully saturated rings. The lowest BCUT2D eigenvalue weighted by Gasteiger charge is -2.27. The Morgan fingerprint density at radius 2 is 1.94 bits per heavy atom. The molecule has 3 amide bonds. The maximum absolute atomic E-state index is 12.7. The van der Waals surface area contributed by atoms with Crippen molar-refractivity contribution in [3.05, 3.63) is 45.6 Å². The number of hydrogen-bond acceptors (Lipinski definition) is 7. The first-order valence-electron chi connectivity index (χ1n) is 9.15. The molecule has 0 bridgehead atoms. The summed E-state index contributed by atoms with van der Waals surface area (Å²) in [6.07, 6.45) is 0.982. The van der Waals surface area contributed by atoms with Crippen molar-refractivity contribution in [3.63, 3.8) is 0 Å². The summed E-state index contributed by atoms with van der Waals surface area (Å²) in [5, 5.41) is 5.05. The van der Waals surface area contributed by atoms with Crippen molar-refractivity contribution in [2.75, 3.05) is 42.0 Å². The predicted octanol–water partition coefficient (Wildman–Crippen LogP) is 1.55. The molecule has 12 heteroatoms.